The summed E-state index contributed by atoms with van der Waals surface area (Å²) in [5.74, 6) is -0.462. The number of nitrogens with two attached hydrogens (primary N) is 1. The SMILES string of the molecule is Cc1cc(NCCO)c2c(c1N)C(=O)c1ccccc1C2=O. The van der Waals surface area contributed by atoms with E-state index in [0.29, 0.717) is 34.6 Å². The van der Waals surface area contributed by atoms with Crippen LogP contribution in [0.3, 0.4) is 0 Å². The number of hydrogen-bond donors (Lipinski definition) is 3. The highest BCUT2D eigenvalue weighted by Gasteiger charge is 2.33. The molecule has 112 valence electrons. The minimum Gasteiger partial charge on any atom is -0.398 e. The molecule has 5 heteroatoms. The van der Waals surface area contributed by atoms with E-state index < -0.39 is 0 Å². The first kappa shape index (κ1) is 14.3. The first-order valence-corrected chi connectivity index (χ1v) is 7.02. The fraction of sp³-hybridized carbons (Fsp3) is 0.176. The van der Waals surface area contributed by atoms with E-state index in [9.17, 15) is 9.59 Å². The van der Waals surface area contributed by atoms with Crippen LogP contribution in [0.2, 0.25) is 0 Å². The predicted octanol–water partition coefficient (Wildman–Crippen LogP) is 1.76. The molecule has 0 fully saturated rings. The van der Waals surface area contributed by atoms with Gasteiger partial charge in [0.25, 0.3) is 0 Å². The van der Waals surface area contributed by atoms with E-state index in [2.05, 4.69) is 5.32 Å². The van der Waals surface area contributed by atoms with E-state index in [1.54, 1.807) is 37.3 Å². The normalized spacial score (nSPS) is 12.8. The summed E-state index contributed by atoms with van der Waals surface area (Å²) in [7, 11) is 0. The molecule has 0 spiro atoms. The minimum absolute atomic E-state index is 0.0725. The molecule has 2 aromatic carbocycles. The number of nitrogen functional groups attached to an aromatic ring is 1. The van der Waals surface area contributed by atoms with Gasteiger partial charge in [0.1, 0.15) is 0 Å². The van der Waals surface area contributed by atoms with Gasteiger partial charge in [-0.15, -0.1) is 0 Å². The van der Waals surface area contributed by atoms with E-state index in [4.69, 9.17) is 10.8 Å². The zero-order valence-corrected chi connectivity index (χ0v) is 12.1. The molecular formula is C17H16N2O3. The van der Waals surface area contributed by atoms with Crippen LogP contribution in [0.15, 0.2) is 30.3 Å². The molecule has 0 amide bonds. The number of anilines is 2. The van der Waals surface area contributed by atoms with Gasteiger partial charge in [-0.25, -0.2) is 0 Å². The Hall–Kier alpha value is -2.66. The summed E-state index contributed by atoms with van der Waals surface area (Å²) >= 11 is 0. The molecule has 0 saturated heterocycles. The lowest BCUT2D eigenvalue weighted by molar-refractivity contribution is 0.0980. The molecular weight excluding hydrogens is 280 g/mol. The van der Waals surface area contributed by atoms with Crippen LogP contribution in [-0.2, 0) is 0 Å². The highest BCUT2D eigenvalue weighted by Crippen LogP contribution is 2.37. The Morgan fingerprint density at radius 3 is 2.27 bits per heavy atom. The van der Waals surface area contributed by atoms with Gasteiger partial charge < -0.3 is 16.2 Å². The highest BCUT2D eigenvalue weighted by atomic mass is 16.3. The van der Waals surface area contributed by atoms with Gasteiger partial charge in [0.2, 0.25) is 0 Å². The first-order chi connectivity index (χ1) is 10.6. The van der Waals surface area contributed by atoms with Crippen molar-refractivity contribution in [2.75, 3.05) is 24.2 Å². The van der Waals surface area contributed by atoms with Gasteiger partial charge in [0.15, 0.2) is 11.6 Å². The minimum atomic E-state index is -0.238. The molecule has 0 aromatic heterocycles. The molecule has 1 aliphatic rings. The molecule has 0 unspecified atom stereocenters. The summed E-state index contributed by atoms with van der Waals surface area (Å²) in [6.45, 7) is 2.01. The Balaban J connectivity index is 2.29. The lowest BCUT2D eigenvalue weighted by atomic mass is 9.81. The molecule has 3 rings (SSSR count). The number of aryl methyl sites for hydroxylation is 1. The average Bonchev–Trinajstić information content (AvgIpc) is 2.53. The van der Waals surface area contributed by atoms with Gasteiger partial charge in [0.05, 0.1) is 17.7 Å². The molecule has 22 heavy (non-hydrogen) atoms. The van der Waals surface area contributed by atoms with Crippen LogP contribution in [0.1, 0.15) is 37.4 Å². The molecule has 4 N–H and O–H groups in total. The van der Waals surface area contributed by atoms with E-state index in [1.165, 1.54) is 0 Å². The fourth-order valence-electron chi connectivity index (χ4n) is 2.78. The maximum Gasteiger partial charge on any atom is 0.196 e. The van der Waals surface area contributed by atoms with Crippen LogP contribution in [0, 0.1) is 6.92 Å². The molecule has 1 aliphatic carbocycles. The lowest BCUT2D eigenvalue weighted by Crippen LogP contribution is -2.25. The Bertz CT molecular complexity index is 797. The van der Waals surface area contributed by atoms with Crippen molar-refractivity contribution in [1.82, 2.24) is 0 Å². The number of fused-ring (bicyclic) bond motifs is 2. The van der Waals surface area contributed by atoms with Gasteiger partial charge in [-0.3, -0.25) is 9.59 Å². The standard InChI is InChI=1S/C17H16N2O3/c1-9-8-12(19-6-7-20)13-14(15(9)18)17(22)11-5-3-2-4-10(11)16(13)21/h2-5,8,19-20H,6-7,18H2,1H3. The number of nitrogens with one attached hydrogen (secondary N) is 1. The van der Waals surface area contributed by atoms with Gasteiger partial charge >= 0.3 is 0 Å². The molecule has 0 saturated carbocycles. The van der Waals surface area contributed by atoms with E-state index >= 15 is 0 Å². The second kappa shape index (κ2) is 5.27. The van der Waals surface area contributed by atoms with Crippen LogP contribution in [0.4, 0.5) is 11.4 Å². The zero-order chi connectivity index (χ0) is 15.9. The third-order valence-corrected chi connectivity index (χ3v) is 3.87. The van der Waals surface area contributed by atoms with Crippen molar-refractivity contribution < 1.29 is 14.7 Å². The number of aliphatic hydroxyl groups is 1. The largest absolute Gasteiger partial charge is 0.398 e. The monoisotopic (exact) mass is 296 g/mol. The summed E-state index contributed by atoms with van der Waals surface area (Å²) in [6.07, 6.45) is 0. The number of rotatable bonds is 3. The summed E-state index contributed by atoms with van der Waals surface area (Å²) in [4.78, 5) is 25.5. The van der Waals surface area contributed by atoms with Crippen molar-refractivity contribution in [3.63, 3.8) is 0 Å². The highest BCUT2D eigenvalue weighted by molar-refractivity contribution is 6.32. The summed E-state index contributed by atoms with van der Waals surface area (Å²) < 4.78 is 0. The second-order valence-electron chi connectivity index (χ2n) is 5.26. The maximum atomic E-state index is 12.8. The summed E-state index contributed by atoms with van der Waals surface area (Å²) in [5, 5.41) is 12.0. The zero-order valence-electron chi connectivity index (χ0n) is 12.1. The Morgan fingerprint density at radius 2 is 1.68 bits per heavy atom. The second-order valence-corrected chi connectivity index (χ2v) is 5.26. The van der Waals surface area contributed by atoms with E-state index in [0.717, 1.165) is 5.56 Å². The quantitative estimate of drug-likeness (QED) is 0.640. The van der Waals surface area contributed by atoms with Crippen molar-refractivity contribution in [3.8, 4) is 0 Å². The molecule has 0 heterocycles. The van der Waals surface area contributed by atoms with E-state index in [1.807, 2.05) is 0 Å². The summed E-state index contributed by atoms with van der Waals surface area (Å²) in [5.41, 5.74) is 8.95. The predicted molar refractivity (Wildman–Crippen MR) is 84.5 cm³/mol. The molecule has 5 nitrogen and oxygen atoms in total. The van der Waals surface area contributed by atoms with Crippen LogP contribution in [0.5, 0.6) is 0 Å². The van der Waals surface area contributed by atoms with Crippen LogP contribution in [-0.4, -0.2) is 29.8 Å². The average molecular weight is 296 g/mol. The fourth-order valence-corrected chi connectivity index (χ4v) is 2.78. The van der Waals surface area contributed by atoms with Gasteiger partial charge in [-0.2, -0.15) is 0 Å². The van der Waals surface area contributed by atoms with Gasteiger partial charge in [-0.1, -0.05) is 24.3 Å². The first-order valence-electron chi connectivity index (χ1n) is 7.02. The van der Waals surface area contributed by atoms with Crippen molar-refractivity contribution in [2.45, 2.75) is 6.92 Å². The Morgan fingerprint density at radius 1 is 1.09 bits per heavy atom. The third kappa shape index (κ3) is 1.98. The van der Waals surface area contributed by atoms with Gasteiger partial charge in [0, 0.05) is 29.0 Å². The van der Waals surface area contributed by atoms with Gasteiger partial charge in [-0.05, 0) is 18.6 Å². The van der Waals surface area contributed by atoms with Crippen LogP contribution >= 0.6 is 0 Å². The molecule has 0 atom stereocenters. The van der Waals surface area contributed by atoms with Crippen molar-refractivity contribution in [3.05, 3.63) is 58.1 Å². The Kier molecular flexibility index (Phi) is 3.42. The molecule has 0 bridgehead atoms. The number of hydrogen-bond acceptors (Lipinski definition) is 5. The number of carbonyl (C=O) groups is 2. The molecule has 2 aromatic rings. The van der Waals surface area contributed by atoms with Crippen molar-refractivity contribution in [1.29, 1.82) is 0 Å². The molecule has 0 aliphatic heterocycles. The van der Waals surface area contributed by atoms with Crippen LogP contribution < -0.4 is 11.1 Å². The van der Waals surface area contributed by atoms with E-state index in [-0.39, 0.29) is 23.7 Å². The smallest absolute Gasteiger partial charge is 0.196 e. The van der Waals surface area contributed by atoms with Crippen LogP contribution in [0.25, 0.3) is 0 Å². The van der Waals surface area contributed by atoms with Crippen molar-refractivity contribution in [2.24, 2.45) is 0 Å². The number of carbonyl (C=O) groups excluding carboxylic acids is 2. The number of ketones is 2. The number of benzene rings is 2. The summed E-state index contributed by atoms with van der Waals surface area (Å²) in [6, 6.07) is 8.48. The van der Waals surface area contributed by atoms with Crippen molar-refractivity contribution >= 4 is 22.9 Å². The Labute approximate surface area is 127 Å². The number of aliphatic hydroxyl groups excluding tert-OH is 1. The lowest BCUT2D eigenvalue weighted by Gasteiger charge is -2.23. The maximum absolute atomic E-state index is 12.8. The third-order valence-electron chi connectivity index (χ3n) is 3.87. The topological polar surface area (TPSA) is 92.4 Å². The molecule has 0 radical (unpaired) electrons.